The Labute approximate surface area is 175 Å². The summed E-state index contributed by atoms with van der Waals surface area (Å²) in [5, 5.41) is 1.07. The minimum Gasteiger partial charge on any atom is -0.336 e. The largest absolute Gasteiger partial charge is 0.336 e. The molecule has 0 bridgehead atoms. The number of halogens is 1. The summed E-state index contributed by atoms with van der Waals surface area (Å²) < 4.78 is 1.59. The maximum Gasteiger partial charge on any atom is 0.266 e. The molecule has 1 amide bonds. The molecule has 0 aliphatic rings. The minimum absolute atomic E-state index is 0.0544. The van der Waals surface area contributed by atoms with Crippen LogP contribution in [0.15, 0.2) is 53.3 Å². The molecule has 1 unspecified atom stereocenters. The predicted octanol–water partition coefficient (Wildman–Crippen LogP) is 5.14. The number of para-hydroxylation sites is 1. The first-order valence-corrected chi connectivity index (χ1v) is 10.4. The van der Waals surface area contributed by atoms with Crippen molar-refractivity contribution in [2.45, 2.75) is 45.6 Å². The topological polar surface area (TPSA) is 55.2 Å². The van der Waals surface area contributed by atoms with Crippen molar-refractivity contribution in [1.29, 1.82) is 0 Å². The second-order valence-electron chi connectivity index (χ2n) is 7.14. The van der Waals surface area contributed by atoms with E-state index in [9.17, 15) is 9.59 Å². The fourth-order valence-electron chi connectivity index (χ4n) is 3.55. The molecule has 0 fully saturated rings. The monoisotopic (exact) mass is 411 g/mol. The van der Waals surface area contributed by atoms with Gasteiger partial charge in [0.05, 0.1) is 22.6 Å². The fraction of sp³-hybridized carbons (Fsp3) is 0.348. The molecule has 0 aliphatic heterocycles. The summed E-state index contributed by atoms with van der Waals surface area (Å²) in [4.78, 5) is 32.7. The summed E-state index contributed by atoms with van der Waals surface area (Å²) >= 11 is 6.20. The van der Waals surface area contributed by atoms with Gasteiger partial charge in [0.15, 0.2) is 0 Å². The first kappa shape index (κ1) is 21.1. The molecule has 29 heavy (non-hydrogen) atoms. The third-order valence-electron chi connectivity index (χ3n) is 5.16. The molecule has 0 radical (unpaired) electrons. The molecule has 3 rings (SSSR count). The molecule has 5 nitrogen and oxygen atoms in total. The number of hydrogen-bond donors (Lipinski definition) is 0. The minimum atomic E-state index is -0.323. The molecule has 3 aromatic rings. The van der Waals surface area contributed by atoms with Gasteiger partial charge >= 0.3 is 0 Å². The maximum atomic E-state index is 13.4. The molecule has 0 spiro atoms. The smallest absolute Gasteiger partial charge is 0.266 e. The highest BCUT2D eigenvalue weighted by molar-refractivity contribution is 6.30. The van der Waals surface area contributed by atoms with Crippen LogP contribution in [0.4, 0.5) is 0 Å². The predicted molar refractivity (Wildman–Crippen MR) is 118 cm³/mol. The van der Waals surface area contributed by atoms with E-state index in [0.717, 1.165) is 12.8 Å². The van der Waals surface area contributed by atoms with Gasteiger partial charge in [0.25, 0.3) is 5.56 Å². The van der Waals surface area contributed by atoms with E-state index in [2.05, 4.69) is 6.92 Å². The molecular weight excluding hydrogens is 386 g/mol. The van der Waals surface area contributed by atoms with E-state index >= 15 is 0 Å². The number of nitrogens with zero attached hydrogens (tertiary/aromatic N) is 3. The van der Waals surface area contributed by atoms with E-state index in [1.807, 2.05) is 31.2 Å². The quantitative estimate of drug-likeness (QED) is 0.541. The lowest BCUT2D eigenvalue weighted by atomic mass is 10.1. The Morgan fingerprint density at radius 1 is 1.17 bits per heavy atom. The number of aromatic nitrogens is 2. The summed E-state index contributed by atoms with van der Waals surface area (Å²) in [5.41, 5.74) is 1.10. The standard InChI is InChI=1S/C23H26ClN3O2/c1-4-6-14-21(28)26(3)20(5-2)22-25-19-13-8-7-12-18(19)23(29)27(22)17-11-9-10-16(24)15-17/h7-13,15,20H,4-6,14H2,1-3H3. The number of unbranched alkanes of at least 4 members (excludes halogenated alkanes) is 1. The molecule has 1 aromatic heterocycles. The summed E-state index contributed by atoms with van der Waals surface area (Å²) in [6.07, 6.45) is 2.92. The van der Waals surface area contributed by atoms with Crippen molar-refractivity contribution >= 4 is 28.4 Å². The highest BCUT2D eigenvalue weighted by atomic mass is 35.5. The van der Waals surface area contributed by atoms with Crippen molar-refractivity contribution in [2.75, 3.05) is 7.05 Å². The van der Waals surface area contributed by atoms with Gasteiger partial charge in [0.2, 0.25) is 5.91 Å². The van der Waals surface area contributed by atoms with Crippen molar-refractivity contribution < 1.29 is 4.79 Å². The van der Waals surface area contributed by atoms with Gasteiger partial charge in [-0.1, -0.05) is 50.1 Å². The van der Waals surface area contributed by atoms with Crippen molar-refractivity contribution in [3.63, 3.8) is 0 Å². The molecule has 1 atom stereocenters. The van der Waals surface area contributed by atoms with Crippen LogP contribution in [0, 0.1) is 0 Å². The van der Waals surface area contributed by atoms with Crippen LogP contribution >= 0.6 is 11.6 Å². The SMILES string of the molecule is CCCCC(=O)N(C)C(CC)c1nc2ccccc2c(=O)n1-c1cccc(Cl)c1. The van der Waals surface area contributed by atoms with Gasteiger partial charge in [-0.3, -0.25) is 14.2 Å². The highest BCUT2D eigenvalue weighted by Crippen LogP contribution is 2.26. The number of benzene rings is 2. The van der Waals surface area contributed by atoms with Gasteiger partial charge in [-0.05, 0) is 43.2 Å². The van der Waals surface area contributed by atoms with Crippen LogP contribution in [0.1, 0.15) is 51.4 Å². The fourth-order valence-corrected chi connectivity index (χ4v) is 3.73. The lowest BCUT2D eigenvalue weighted by Crippen LogP contribution is -2.35. The van der Waals surface area contributed by atoms with Gasteiger partial charge in [0.1, 0.15) is 5.82 Å². The van der Waals surface area contributed by atoms with Crippen molar-refractivity contribution in [1.82, 2.24) is 14.5 Å². The Kier molecular flexibility index (Phi) is 6.70. The van der Waals surface area contributed by atoms with Gasteiger partial charge in [-0.15, -0.1) is 0 Å². The Morgan fingerprint density at radius 2 is 1.93 bits per heavy atom. The van der Waals surface area contributed by atoms with Crippen LogP contribution in [0.3, 0.4) is 0 Å². The van der Waals surface area contributed by atoms with Crippen LogP contribution in [-0.2, 0) is 4.79 Å². The van der Waals surface area contributed by atoms with Crippen LogP contribution in [0.25, 0.3) is 16.6 Å². The Morgan fingerprint density at radius 3 is 2.62 bits per heavy atom. The summed E-state index contributed by atoms with van der Waals surface area (Å²) in [5.74, 6) is 0.601. The van der Waals surface area contributed by atoms with E-state index in [1.165, 1.54) is 0 Å². The third-order valence-corrected chi connectivity index (χ3v) is 5.39. The average molecular weight is 412 g/mol. The first-order valence-electron chi connectivity index (χ1n) is 10.0. The Bertz CT molecular complexity index is 1080. The molecule has 0 N–H and O–H groups in total. The first-order chi connectivity index (χ1) is 14.0. The van der Waals surface area contributed by atoms with Gasteiger partial charge in [-0.2, -0.15) is 0 Å². The van der Waals surface area contributed by atoms with Gasteiger partial charge < -0.3 is 4.90 Å². The lowest BCUT2D eigenvalue weighted by Gasteiger charge is -2.29. The number of amides is 1. The van der Waals surface area contributed by atoms with Crippen LogP contribution in [0.5, 0.6) is 0 Å². The van der Waals surface area contributed by atoms with Crippen LogP contribution in [0.2, 0.25) is 5.02 Å². The zero-order valence-electron chi connectivity index (χ0n) is 17.1. The van der Waals surface area contributed by atoms with E-state index in [1.54, 1.807) is 40.8 Å². The van der Waals surface area contributed by atoms with Gasteiger partial charge in [-0.25, -0.2) is 4.98 Å². The molecule has 0 aliphatic carbocycles. The summed E-state index contributed by atoms with van der Waals surface area (Å²) in [6.45, 7) is 4.06. The van der Waals surface area contributed by atoms with E-state index in [4.69, 9.17) is 16.6 Å². The van der Waals surface area contributed by atoms with Gasteiger partial charge in [0, 0.05) is 18.5 Å². The zero-order chi connectivity index (χ0) is 21.0. The Hall–Kier alpha value is -2.66. The van der Waals surface area contributed by atoms with Crippen molar-refractivity contribution in [3.05, 3.63) is 69.7 Å². The molecule has 1 heterocycles. The number of rotatable bonds is 7. The summed E-state index contributed by atoms with van der Waals surface area (Å²) in [7, 11) is 1.79. The van der Waals surface area contributed by atoms with E-state index in [0.29, 0.717) is 40.3 Å². The highest BCUT2D eigenvalue weighted by Gasteiger charge is 2.26. The second kappa shape index (κ2) is 9.23. The molecular formula is C23H26ClN3O2. The average Bonchev–Trinajstić information content (AvgIpc) is 2.72. The maximum absolute atomic E-state index is 13.4. The van der Waals surface area contributed by atoms with Crippen LogP contribution in [-0.4, -0.2) is 27.4 Å². The van der Waals surface area contributed by atoms with E-state index in [-0.39, 0.29) is 17.5 Å². The molecule has 0 saturated heterocycles. The number of carbonyl (C=O) groups is 1. The zero-order valence-corrected chi connectivity index (χ0v) is 17.8. The summed E-state index contributed by atoms with van der Waals surface area (Å²) in [6, 6.07) is 14.1. The van der Waals surface area contributed by atoms with Crippen molar-refractivity contribution in [2.24, 2.45) is 0 Å². The Balaban J connectivity index is 2.23. The number of hydrogen-bond acceptors (Lipinski definition) is 3. The number of carbonyl (C=O) groups excluding carboxylic acids is 1. The molecule has 6 heteroatoms. The lowest BCUT2D eigenvalue weighted by molar-refractivity contribution is -0.132. The van der Waals surface area contributed by atoms with Crippen LogP contribution < -0.4 is 5.56 Å². The third kappa shape index (κ3) is 4.35. The molecule has 0 saturated carbocycles. The second-order valence-corrected chi connectivity index (χ2v) is 7.58. The van der Waals surface area contributed by atoms with Crippen molar-refractivity contribution in [3.8, 4) is 5.69 Å². The van der Waals surface area contributed by atoms with E-state index < -0.39 is 0 Å². The molecule has 152 valence electrons. The molecule has 2 aromatic carbocycles. The number of fused-ring (bicyclic) bond motifs is 1. The normalized spacial score (nSPS) is 12.1.